The number of nitrogens with zero attached hydrogens (tertiary/aromatic N) is 4. The van der Waals surface area contributed by atoms with Crippen LogP contribution in [0.15, 0.2) is 67.1 Å². The fraction of sp³-hybridized carbons (Fsp3) is 0.261. The lowest BCUT2D eigenvalue weighted by Gasteiger charge is -2.36. The van der Waals surface area contributed by atoms with E-state index in [1.165, 1.54) is 0 Å². The summed E-state index contributed by atoms with van der Waals surface area (Å²) in [6.45, 7) is 3.27. The monoisotopic (exact) mass is 403 g/mol. The number of carbonyl (C=O) groups excluding carboxylic acids is 1. The van der Waals surface area contributed by atoms with E-state index in [4.69, 9.17) is 4.74 Å². The maximum Gasteiger partial charge on any atom is 0.317 e. The minimum absolute atomic E-state index is 0.0435. The average molecular weight is 403 g/mol. The molecule has 154 valence electrons. The third kappa shape index (κ3) is 4.51. The Labute approximate surface area is 176 Å². The van der Waals surface area contributed by atoms with Crippen molar-refractivity contribution in [2.75, 3.05) is 38.2 Å². The van der Waals surface area contributed by atoms with E-state index in [1.807, 2.05) is 53.6 Å². The molecule has 2 amide bonds. The molecule has 2 heterocycles. The van der Waals surface area contributed by atoms with Gasteiger partial charge in [0.2, 0.25) is 0 Å². The Morgan fingerprint density at radius 2 is 1.77 bits per heavy atom. The molecule has 30 heavy (non-hydrogen) atoms. The molecule has 0 spiro atoms. The molecule has 0 bridgehead atoms. The first-order valence-corrected chi connectivity index (χ1v) is 10.0. The second-order valence-electron chi connectivity index (χ2n) is 7.10. The third-order valence-corrected chi connectivity index (χ3v) is 5.25. The molecular weight excluding hydrogens is 378 g/mol. The molecular formula is C23H25N5O2. The number of amides is 2. The van der Waals surface area contributed by atoms with E-state index >= 15 is 0 Å². The normalized spacial score (nSPS) is 13.8. The summed E-state index contributed by atoms with van der Waals surface area (Å²) in [5, 5.41) is 3.00. The van der Waals surface area contributed by atoms with Crippen LogP contribution in [0.3, 0.4) is 0 Å². The van der Waals surface area contributed by atoms with Crippen LogP contribution in [0.5, 0.6) is 5.75 Å². The molecule has 7 nitrogen and oxygen atoms in total. The number of ether oxygens (including phenoxy) is 1. The maximum absolute atomic E-state index is 12.6. The Bertz CT molecular complexity index is 970. The molecule has 1 aliphatic rings. The number of carbonyl (C=O) groups is 1. The van der Waals surface area contributed by atoms with E-state index < -0.39 is 0 Å². The van der Waals surface area contributed by atoms with E-state index in [0.29, 0.717) is 19.6 Å². The first-order valence-electron chi connectivity index (χ1n) is 10.0. The van der Waals surface area contributed by atoms with E-state index in [1.54, 1.807) is 13.4 Å². The highest BCUT2D eigenvalue weighted by Crippen LogP contribution is 2.28. The van der Waals surface area contributed by atoms with Crippen LogP contribution in [0.1, 0.15) is 5.56 Å². The Morgan fingerprint density at radius 3 is 2.47 bits per heavy atom. The van der Waals surface area contributed by atoms with Crippen molar-refractivity contribution < 1.29 is 9.53 Å². The highest BCUT2D eigenvalue weighted by atomic mass is 16.5. The van der Waals surface area contributed by atoms with Gasteiger partial charge in [0, 0.05) is 38.3 Å². The summed E-state index contributed by atoms with van der Waals surface area (Å²) in [5.74, 6) is 0.806. The second-order valence-corrected chi connectivity index (χ2v) is 7.10. The van der Waals surface area contributed by atoms with Crippen LogP contribution in [0.4, 0.5) is 10.5 Å². The fourth-order valence-electron chi connectivity index (χ4n) is 3.56. The third-order valence-electron chi connectivity index (χ3n) is 5.25. The van der Waals surface area contributed by atoms with E-state index in [2.05, 4.69) is 32.3 Å². The zero-order valence-electron chi connectivity index (χ0n) is 17.0. The summed E-state index contributed by atoms with van der Waals surface area (Å²) < 4.78 is 5.16. The van der Waals surface area contributed by atoms with Crippen molar-refractivity contribution in [2.24, 2.45) is 0 Å². The van der Waals surface area contributed by atoms with Gasteiger partial charge in [0.05, 0.1) is 24.7 Å². The van der Waals surface area contributed by atoms with Crippen molar-refractivity contribution in [3.8, 4) is 17.0 Å². The first-order chi connectivity index (χ1) is 14.7. The number of urea groups is 1. The Balaban J connectivity index is 1.34. The average Bonchev–Trinajstić information content (AvgIpc) is 2.83. The van der Waals surface area contributed by atoms with Crippen LogP contribution in [0.2, 0.25) is 0 Å². The number of piperazine rings is 1. The summed E-state index contributed by atoms with van der Waals surface area (Å²) in [6, 6.07) is 17.8. The summed E-state index contributed by atoms with van der Waals surface area (Å²) in [4.78, 5) is 25.4. The zero-order valence-corrected chi connectivity index (χ0v) is 17.0. The quantitative estimate of drug-likeness (QED) is 0.709. The standard InChI is InChI=1S/C23H25N5O2/c1-30-20-9-7-18(8-10-20)15-25-23(29)28-13-11-27(12-14-28)21-16-24-17-26-22(21)19-5-3-2-4-6-19/h2-10,16-17H,11-15H2,1H3,(H,25,29). The van der Waals surface area contributed by atoms with Crippen LogP contribution in [-0.4, -0.2) is 54.2 Å². The molecule has 2 aromatic carbocycles. The molecule has 0 radical (unpaired) electrons. The second kappa shape index (κ2) is 9.26. The van der Waals surface area contributed by atoms with Crippen LogP contribution in [0.25, 0.3) is 11.3 Å². The molecule has 1 aromatic heterocycles. The number of rotatable bonds is 5. The molecule has 1 aliphatic heterocycles. The summed E-state index contributed by atoms with van der Waals surface area (Å²) in [7, 11) is 1.64. The smallest absolute Gasteiger partial charge is 0.317 e. The summed E-state index contributed by atoms with van der Waals surface area (Å²) in [5.41, 5.74) is 4.02. The van der Waals surface area contributed by atoms with Crippen molar-refractivity contribution in [1.29, 1.82) is 0 Å². The number of hydrogen-bond donors (Lipinski definition) is 1. The van der Waals surface area contributed by atoms with E-state index in [9.17, 15) is 4.79 Å². The van der Waals surface area contributed by atoms with Crippen LogP contribution in [0, 0.1) is 0 Å². The minimum Gasteiger partial charge on any atom is -0.497 e. The molecule has 7 heteroatoms. The topological polar surface area (TPSA) is 70.6 Å². The molecule has 0 aliphatic carbocycles. The van der Waals surface area contributed by atoms with Gasteiger partial charge < -0.3 is 19.9 Å². The predicted molar refractivity (Wildman–Crippen MR) is 116 cm³/mol. The van der Waals surface area contributed by atoms with E-state index in [0.717, 1.165) is 41.3 Å². The molecule has 1 saturated heterocycles. The Morgan fingerprint density at radius 1 is 1.03 bits per heavy atom. The van der Waals surface area contributed by atoms with Gasteiger partial charge in [-0.2, -0.15) is 0 Å². The van der Waals surface area contributed by atoms with Crippen LogP contribution in [-0.2, 0) is 6.54 Å². The lowest BCUT2D eigenvalue weighted by Crippen LogP contribution is -2.51. The summed E-state index contributed by atoms with van der Waals surface area (Å²) in [6.07, 6.45) is 3.43. The lowest BCUT2D eigenvalue weighted by molar-refractivity contribution is 0.194. The van der Waals surface area contributed by atoms with Gasteiger partial charge in [-0.25, -0.2) is 14.8 Å². The van der Waals surface area contributed by atoms with Gasteiger partial charge in [0.25, 0.3) is 0 Å². The molecule has 1 fully saturated rings. The molecule has 0 atom stereocenters. The molecule has 1 N–H and O–H groups in total. The van der Waals surface area contributed by atoms with Gasteiger partial charge in [-0.3, -0.25) is 0 Å². The number of hydrogen-bond acceptors (Lipinski definition) is 5. The Hall–Kier alpha value is -3.61. The van der Waals surface area contributed by atoms with Crippen LogP contribution >= 0.6 is 0 Å². The maximum atomic E-state index is 12.6. The van der Waals surface area contributed by atoms with Gasteiger partial charge in [0.15, 0.2) is 0 Å². The van der Waals surface area contributed by atoms with E-state index in [-0.39, 0.29) is 6.03 Å². The minimum atomic E-state index is -0.0435. The predicted octanol–water partition coefficient (Wildman–Crippen LogP) is 3.18. The van der Waals surface area contributed by atoms with Crippen molar-refractivity contribution in [2.45, 2.75) is 6.54 Å². The number of aromatic nitrogens is 2. The fourth-order valence-corrected chi connectivity index (χ4v) is 3.56. The number of anilines is 1. The molecule has 4 rings (SSSR count). The largest absolute Gasteiger partial charge is 0.497 e. The SMILES string of the molecule is COc1ccc(CNC(=O)N2CCN(c3cncnc3-c3ccccc3)CC2)cc1. The molecule has 0 saturated carbocycles. The first kappa shape index (κ1) is 19.7. The van der Waals surface area contributed by atoms with Crippen molar-refractivity contribution in [3.05, 3.63) is 72.7 Å². The highest BCUT2D eigenvalue weighted by molar-refractivity contribution is 5.76. The molecule has 3 aromatic rings. The van der Waals surface area contributed by atoms with Gasteiger partial charge in [-0.1, -0.05) is 42.5 Å². The van der Waals surface area contributed by atoms with Gasteiger partial charge >= 0.3 is 6.03 Å². The number of benzene rings is 2. The number of nitrogens with one attached hydrogen (secondary N) is 1. The van der Waals surface area contributed by atoms with Crippen molar-refractivity contribution >= 4 is 11.7 Å². The van der Waals surface area contributed by atoms with Crippen molar-refractivity contribution in [1.82, 2.24) is 20.2 Å². The summed E-state index contributed by atoms with van der Waals surface area (Å²) >= 11 is 0. The Kier molecular flexibility index (Phi) is 6.08. The molecule has 0 unspecified atom stereocenters. The van der Waals surface area contributed by atoms with Gasteiger partial charge in [0.1, 0.15) is 12.1 Å². The number of methoxy groups -OCH3 is 1. The zero-order chi connectivity index (χ0) is 20.8. The highest BCUT2D eigenvalue weighted by Gasteiger charge is 2.23. The van der Waals surface area contributed by atoms with Crippen LogP contribution < -0.4 is 15.0 Å². The van der Waals surface area contributed by atoms with Crippen molar-refractivity contribution in [3.63, 3.8) is 0 Å². The van der Waals surface area contributed by atoms with Gasteiger partial charge in [-0.05, 0) is 17.7 Å². The van der Waals surface area contributed by atoms with Gasteiger partial charge in [-0.15, -0.1) is 0 Å². The lowest BCUT2D eigenvalue weighted by atomic mass is 10.1.